The van der Waals surface area contributed by atoms with Crippen molar-refractivity contribution in [3.8, 4) is 0 Å². The molecular formula is C14H17NO2. The first-order valence-electron chi connectivity index (χ1n) is 7.07. The summed E-state index contributed by atoms with van der Waals surface area (Å²) >= 11 is 0. The van der Waals surface area contributed by atoms with Crippen LogP contribution in [0.25, 0.3) is 0 Å². The summed E-state index contributed by atoms with van der Waals surface area (Å²) in [6.45, 7) is 0. The van der Waals surface area contributed by atoms with Gasteiger partial charge in [-0.15, -0.1) is 0 Å². The Hall–Kier alpha value is -0.860. The summed E-state index contributed by atoms with van der Waals surface area (Å²) in [6.07, 6.45) is 6.86. The van der Waals surface area contributed by atoms with Gasteiger partial charge in [0.05, 0.1) is 17.4 Å². The van der Waals surface area contributed by atoms with Crippen molar-refractivity contribution in [3.05, 3.63) is 0 Å². The molecule has 1 heterocycles. The summed E-state index contributed by atoms with van der Waals surface area (Å²) in [5.74, 6) is 2.52. The van der Waals surface area contributed by atoms with Gasteiger partial charge >= 0.3 is 0 Å². The third kappa shape index (κ3) is 0.801. The molecule has 4 unspecified atom stereocenters. The van der Waals surface area contributed by atoms with Crippen molar-refractivity contribution >= 4 is 11.8 Å². The van der Waals surface area contributed by atoms with Crippen LogP contribution in [0.15, 0.2) is 0 Å². The standard InChI is InChI=1S/C14H17NO2/c16-12-10-8-1-2-9(3-8)11(10)13(17)15(12)14-4-7(5-14)6-14/h7-11H,1-6H2. The summed E-state index contributed by atoms with van der Waals surface area (Å²) in [4.78, 5) is 26.9. The number of rotatable bonds is 1. The quantitative estimate of drug-likeness (QED) is 0.642. The van der Waals surface area contributed by atoms with Gasteiger partial charge in [-0.05, 0) is 56.3 Å². The van der Waals surface area contributed by atoms with E-state index in [-0.39, 0.29) is 29.2 Å². The highest BCUT2D eigenvalue weighted by Crippen LogP contribution is 2.65. The van der Waals surface area contributed by atoms with E-state index >= 15 is 0 Å². The molecule has 3 heteroatoms. The topological polar surface area (TPSA) is 37.4 Å². The molecule has 6 aliphatic rings. The van der Waals surface area contributed by atoms with Gasteiger partial charge < -0.3 is 0 Å². The number of hydrogen-bond acceptors (Lipinski definition) is 2. The summed E-state index contributed by atoms with van der Waals surface area (Å²) in [6, 6.07) is 0. The second-order valence-corrected chi connectivity index (χ2v) is 7.10. The van der Waals surface area contributed by atoms with Gasteiger partial charge in [-0.3, -0.25) is 14.5 Å². The zero-order valence-corrected chi connectivity index (χ0v) is 9.89. The summed E-state index contributed by atoms with van der Waals surface area (Å²) in [5, 5.41) is 0. The number of carbonyl (C=O) groups excluding carboxylic acids is 2. The van der Waals surface area contributed by atoms with Crippen LogP contribution in [0.1, 0.15) is 38.5 Å². The van der Waals surface area contributed by atoms with E-state index in [9.17, 15) is 9.59 Å². The van der Waals surface area contributed by atoms with Gasteiger partial charge in [0.1, 0.15) is 0 Å². The van der Waals surface area contributed by atoms with Crippen LogP contribution in [0.2, 0.25) is 0 Å². The second kappa shape index (κ2) is 2.45. The minimum Gasteiger partial charge on any atom is -0.276 e. The minimum absolute atomic E-state index is 0.0165. The van der Waals surface area contributed by atoms with E-state index in [0.29, 0.717) is 11.8 Å². The van der Waals surface area contributed by atoms with Crippen molar-refractivity contribution < 1.29 is 9.59 Å². The molecule has 4 bridgehead atoms. The van der Waals surface area contributed by atoms with Gasteiger partial charge in [0, 0.05) is 0 Å². The maximum absolute atomic E-state index is 12.6. The predicted octanol–water partition coefficient (Wildman–Crippen LogP) is 1.57. The lowest BCUT2D eigenvalue weighted by molar-refractivity contribution is -0.177. The van der Waals surface area contributed by atoms with E-state index in [1.54, 1.807) is 4.90 Å². The molecule has 2 amide bonds. The highest BCUT2D eigenvalue weighted by atomic mass is 16.2. The van der Waals surface area contributed by atoms with E-state index in [1.165, 1.54) is 12.8 Å². The number of fused-ring (bicyclic) bond motifs is 5. The monoisotopic (exact) mass is 231 g/mol. The Morgan fingerprint density at radius 3 is 1.88 bits per heavy atom. The van der Waals surface area contributed by atoms with Crippen molar-refractivity contribution in [2.24, 2.45) is 29.6 Å². The number of amides is 2. The van der Waals surface area contributed by atoms with Crippen LogP contribution in [0.4, 0.5) is 0 Å². The normalized spacial score (nSPS) is 58.1. The van der Waals surface area contributed by atoms with Gasteiger partial charge in [0.25, 0.3) is 0 Å². The largest absolute Gasteiger partial charge is 0.276 e. The van der Waals surface area contributed by atoms with Gasteiger partial charge in [-0.1, -0.05) is 0 Å². The van der Waals surface area contributed by atoms with E-state index in [4.69, 9.17) is 0 Å². The molecule has 17 heavy (non-hydrogen) atoms. The Balaban J connectivity index is 1.56. The van der Waals surface area contributed by atoms with E-state index in [1.807, 2.05) is 0 Å². The Morgan fingerprint density at radius 1 is 0.941 bits per heavy atom. The third-order valence-corrected chi connectivity index (χ3v) is 6.41. The number of carbonyl (C=O) groups is 2. The highest BCUT2D eigenvalue weighted by molar-refractivity contribution is 6.07. The Morgan fingerprint density at radius 2 is 1.47 bits per heavy atom. The number of hydrogen-bond donors (Lipinski definition) is 0. The molecule has 0 radical (unpaired) electrons. The first-order valence-corrected chi connectivity index (χ1v) is 7.07. The van der Waals surface area contributed by atoms with E-state index in [2.05, 4.69) is 0 Å². The van der Waals surface area contributed by atoms with E-state index in [0.717, 1.165) is 31.6 Å². The summed E-state index contributed by atoms with van der Waals surface area (Å²) in [7, 11) is 0. The van der Waals surface area contributed by atoms with Crippen LogP contribution < -0.4 is 0 Å². The average molecular weight is 231 g/mol. The molecule has 5 aliphatic carbocycles. The van der Waals surface area contributed by atoms with Gasteiger partial charge in [-0.2, -0.15) is 0 Å². The van der Waals surface area contributed by atoms with Crippen molar-refractivity contribution in [2.45, 2.75) is 44.1 Å². The molecule has 0 aromatic heterocycles. The Bertz CT molecular complexity index is 412. The summed E-state index contributed by atoms with van der Waals surface area (Å²) in [5.41, 5.74) is 0.0165. The van der Waals surface area contributed by atoms with Crippen LogP contribution in [-0.2, 0) is 9.59 Å². The van der Waals surface area contributed by atoms with Crippen LogP contribution in [0.3, 0.4) is 0 Å². The number of nitrogens with zero attached hydrogens (tertiary/aromatic N) is 1. The highest BCUT2D eigenvalue weighted by Gasteiger charge is 2.70. The van der Waals surface area contributed by atoms with Crippen molar-refractivity contribution in [1.29, 1.82) is 0 Å². The lowest BCUT2D eigenvalue weighted by atomic mass is 9.49. The lowest BCUT2D eigenvalue weighted by Crippen LogP contribution is -2.69. The molecule has 1 saturated heterocycles. The first kappa shape index (κ1) is 9.12. The third-order valence-electron chi connectivity index (χ3n) is 6.41. The van der Waals surface area contributed by atoms with E-state index < -0.39 is 0 Å². The van der Waals surface area contributed by atoms with Crippen molar-refractivity contribution in [1.82, 2.24) is 4.90 Å². The average Bonchev–Trinajstić information content (AvgIpc) is 2.82. The Kier molecular flexibility index (Phi) is 1.32. The molecule has 6 rings (SSSR count). The molecule has 4 atom stereocenters. The molecule has 0 N–H and O–H groups in total. The van der Waals surface area contributed by atoms with Crippen LogP contribution in [0.5, 0.6) is 0 Å². The minimum atomic E-state index is 0.0165. The van der Waals surface area contributed by atoms with Crippen molar-refractivity contribution in [3.63, 3.8) is 0 Å². The molecule has 3 nitrogen and oxygen atoms in total. The van der Waals surface area contributed by atoms with Crippen molar-refractivity contribution in [2.75, 3.05) is 0 Å². The maximum Gasteiger partial charge on any atom is 0.233 e. The second-order valence-electron chi connectivity index (χ2n) is 7.10. The molecule has 0 spiro atoms. The molecule has 5 saturated carbocycles. The molecule has 90 valence electrons. The molecule has 0 aromatic rings. The van der Waals surface area contributed by atoms with Gasteiger partial charge in [0.2, 0.25) is 11.8 Å². The fourth-order valence-electron chi connectivity index (χ4n) is 5.58. The van der Waals surface area contributed by atoms with Crippen LogP contribution in [0, 0.1) is 29.6 Å². The SMILES string of the molecule is O=C1C2C3CCC(C3)C2C(=O)N1C12CC(C1)C2. The molecular weight excluding hydrogens is 214 g/mol. The maximum atomic E-state index is 12.6. The molecule has 1 aliphatic heterocycles. The number of imide groups is 1. The first-order chi connectivity index (χ1) is 8.20. The summed E-state index contributed by atoms with van der Waals surface area (Å²) < 4.78 is 0. The van der Waals surface area contributed by atoms with Gasteiger partial charge in [0.15, 0.2) is 0 Å². The predicted molar refractivity (Wildman–Crippen MR) is 59.7 cm³/mol. The van der Waals surface area contributed by atoms with Gasteiger partial charge in [-0.25, -0.2) is 0 Å². The lowest BCUT2D eigenvalue weighted by Gasteiger charge is -2.64. The fourth-order valence-corrected chi connectivity index (χ4v) is 5.58. The molecule has 6 fully saturated rings. The molecule has 0 aromatic carbocycles. The fraction of sp³-hybridized carbons (Fsp3) is 0.857. The van der Waals surface area contributed by atoms with Crippen LogP contribution >= 0.6 is 0 Å². The Labute approximate surface area is 101 Å². The number of likely N-dealkylation sites (tertiary alicyclic amines) is 1. The zero-order chi connectivity index (χ0) is 11.4. The zero-order valence-electron chi connectivity index (χ0n) is 9.89. The smallest absolute Gasteiger partial charge is 0.233 e. The van der Waals surface area contributed by atoms with Crippen LogP contribution in [-0.4, -0.2) is 22.3 Å².